The van der Waals surface area contributed by atoms with Gasteiger partial charge < -0.3 is 24.5 Å². The number of fused-ring (bicyclic) bond motifs is 3. The molecule has 2 aliphatic heterocycles. The van der Waals surface area contributed by atoms with Crippen molar-refractivity contribution in [1.29, 1.82) is 0 Å². The minimum absolute atomic E-state index is 0.0621. The number of halogens is 3. The molecule has 2 aliphatic rings. The molecule has 3 aromatic heterocycles. The molecule has 4 aromatic rings. The van der Waals surface area contributed by atoms with Gasteiger partial charge in [-0.25, -0.2) is 18.9 Å². The zero-order valence-electron chi connectivity index (χ0n) is 18.9. The molecule has 9 nitrogen and oxygen atoms in total. The van der Waals surface area contributed by atoms with E-state index >= 15 is 4.48 Å². The van der Waals surface area contributed by atoms with Gasteiger partial charge in [0.2, 0.25) is 0 Å². The number of aryl methyl sites for hydroxylation is 1. The number of anilines is 4. The summed E-state index contributed by atoms with van der Waals surface area (Å²) in [5, 5.41) is 10.5. The van der Waals surface area contributed by atoms with Crippen molar-refractivity contribution in [2.45, 2.75) is 6.54 Å². The number of nitrogens with zero attached hydrogens (tertiary/aromatic N) is 5. The molecule has 0 radical (unpaired) electrons. The van der Waals surface area contributed by atoms with Crippen LogP contribution in [-0.2, 0) is 18.4 Å². The summed E-state index contributed by atoms with van der Waals surface area (Å²) in [4.78, 5) is 34.3. The highest BCUT2D eigenvalue weighted by Gasteiger charge is 2.32. The zero-order valence-corrected chi connectivity index (χ0v) is 18.9. The lowest BCUT2D eigenvalue weighted by Crippen LogP contribution is -2.40. The Hall–Kier alpha value is -4.48. The monoisotopic (exact) mass is 496 g/mol. The Balaban J connectivity index is 1.69. The second kappa shape index (κ2) is 7.77. The van der Waals surface area contributed by atoms with Crippen LogP contribution in [0, 0.1) is 11.6 Å². The number of aromatic nitrogens is 3. The SMILES string of the molecule is Cn1cc2c3c(c[nH]c3c1=O)CN(c1ncc(F)cc1F)c1cc3c(cc1-2)N(CC(=O)O)CCN3F. The summed E-state index contributed by atoms with van der Waals surface area (Å²) in [5.41, 5.74) is 2.72. The van der Waals surface area contributed by atoms with E-state index in [2.05, 4.69) is 9.97 Å². The van der Waals surface area contributed by atoms with Crippen LogP contribution in [-0.4, -0.2) is 45.2 Å². The first-order valence-electron chi connectivity index (χ1n) is 11.1. The predicted molar refractivity (Wildman–Crippen MR) is 127 cm³/mol. The first-order valence-corrected chi connectivity index (χ1v) is 11.1. The van der Waals surface area contributed by atoms with Gasteiger partial charge in [0.15, 0.2) is 11.6 Å². The van der Waals surface area contributed by atoms with Crippen molar-refractivity contribution in [3.63, 3.8) is 0 Å². The largest absolute Gasteiger partial charge is 0.480 e. The number of rotatable bonds is 3. The maximum absolute atomic E-state index is 15.0. The Morgan fingerprint density at radius 3 is 2.69 bits per heavy atom. The van der Waals surface area contributed by atoms with Crippen molar-refractivity contribution < 1.29 is 23.2 Å². The first kappa shape index (κ1) is 22.0. The summed E-state index contributed by atoms with van der Waals surface area (Å²) in [5.74, 6) is -2.99. The molecule has 0 amide bonds. The van der Waals surface area contributed by atoms with E-state index in [1.165, 1.54) is 15.5 Å². The van der Waals surface area contributed by atoms with Gasteiger partial charge in [0.1, 0.15) is 17.9 Å². The van der Waals surface area contributed by atoms with E-state index in [1.807, 2.05) is 0 Å². The van der Waals surface area contributed by atoms with E-state index < -0.39 is 17.6 Å². The fourth-order valence-electron chi connectivity index (χ4n) is 5.04. The maximum Gasteiger partial charge on any atom is 0.323 e. The average Bonchev–Trinajstić information content (AvgIpc) is 3.20. The van der Waals surface area contributed by atoms with Gasteiger partial charge in [-0.05, 0) is 17.7 Å². The molecular formula is C24H19F3N6O3. The predicted octanol–water partition coefficient (Wildman–Crippen LogP) is 3.45. The minimum atomic E-state index is -1.07. The highest BCUT2D eigenvalue weighted by Crippen LogP contribution is 2.48. The number of hydrogen-bond donors (Lipinski definition) is 2. The summed E-state index contributed by atoms with van der Waals surface area (Å²) in [6, 6.07) is 3.88. The van der Waals surface area contributed by atoms with E-state index in [0.717, 1.165) is 12.3 Å². The third-order valence-electron chi connectivity index (χ3n) is 6.63. The fraction of sp³-hybridized carbons (Fsp3) is 0.208. The molecule has 0 bridgehead atoms. The zero-order chi connectivity index (χ0) is 25.3. The standard InChI is InChI=1S/C24H19F3N6O3/c1-30-10-15-14-5-18-19(33(27)3-2-31(18)11-20(34)35)6-17(14)32(23-16(26)4-13(25)8-29-23)9-12-7-28-22(21(12)15)24(30)36/h4-8,10,28H,2-3,9,11H2,1H3,(H,34,35). The van der Waals surface area contributed by atoms with Gasteiger partial charge in [-0.3, -0.25) is 9.59 Å². The summed E-state index contributed by atoms with van der Waals surface area (Å²) < 4.78 is 45.1. The Labute approximate surface area is 201 Å². The summed E-state index contributed by atoms with van der Waals surface area (Å²) in [6.07, 6.45) is 4.18. The molecule has 0 spiro atoms. The average molecular weight is 496 g/mol. The molecule has 0 saturated heterocycles. The van der Waals surface area contributed by atoms with Crippen molar-refractivity contribution in [1.82, 2.24) is 14.5 Å². The topological polar surface area (TPSA) is 97.7 Å². The third kappa shape index (κ3) is 3.21. The van der Waals surface area contributed by atoms with Crippen LogP contribution in [0.2, 0.25) is 0 Å². The van der Waals surface area contributed by atoms with Crippen LogP contribution in [0.5, 0.6) is 0 Å². The van der Waals surface area contributed by atoms with E-state index in [1.54, 1.807) is 30.4 Å². The number of pyridine rings is 2. The van der Waals surface area contributed by atoms with Gasteiger partial charge in [0, 0.05) is 48.6 Å². The molecule has 0 aliphatic carbocycles. The third-order valence-corrected chi connectivity index (χ3v) is 6.63. The molecule has 0 unspecified atom stereocenters. The molecule has 2 N–H and O–H groups in total. The summed E-state index contributed by atoms with van der Waals surface area (Å²) in [6.45, 7) is -0.195. The maximum atomic E-state index is 15.0. The molecule has 6 rings (SSSR count). The Bertz CT molecular complexity index is 1630. The van der Waals surface area contributed by atoms with Crippen molar-refractivity contribution in [3.8, 4) is 11.1 Å². The van der Waals surface area contributed by atoms with E-state index in [0.29, 0.717) is 44.1 Å². The summed E-state index contributed by atoms with van der Waals surface area (Å²) in [7, 11) is 1.60. The van der Waals surface area contributed by atoms with Crippen LogP contribution >= 0.6 is 0 Å². The molecule has 5 heterocycles. The quantitative estimate of drug-likeness (QED) is 0.420. The highest BCUT2D eigenvalue weighted by atomic mass is 19.2. The van der Waals surface area contributed by atoms with E-state index in [-0.39, 0.29) is 43.2 Å². The van der Waals surface area contributed by atoms with Crippen LogP contribution in [0.15, 0.2) is 41.6 Å². The lowest BCUT2D eigenvalue weighted by Gasteiger charge is -2.35. The van der Waals surface area contributed by atoms with Gasteiger partial charge >= 0.3 is 5.97 Å². The smallest absolute Gasteiger partial charge is 0.323 e. The molecule has 0 atom stereocenters. The number of H-pyrrole nitrogens is 1. The van der Waals surface area contributed by atoms with Gasteiger partial charge in [0.25, 0.3) is 5.56 Å². The molecule has 12 heteroatoms. The van der Waals surface area contributed by atoms with Crippen LogP contribution in [0.25, 0.3) is 22.0 Å². The Morgan fingerprint density at radius 1 is 1.14 bits per heavy atom. The molecule has 0 saturated carbocycles. The number of aromatic amines is 1. The number of hydrogen-bond acceptors (Lipinski definition) is 6. The fourth-order valence-corrected chi connectivity index (χ4v) is 5.04. The van der Waals surface area contributed by atoms with Gasteiger partial charge in [-0.2, -0.15) is 0 Å². The first-order chi connectivity index (χ1) is 17.2. The molecule has 184 valence electrons. The number of carboxylic acids is 1. The van der Waals surface area contributed by atoms with E-state index in [9.17, 15) is 23.5 Å². The van der Waals surface area contributed by atoms with Crippen LogP contribution in [0.3, 0.4) is 0 Å². The van der Waals surface area contributed by atoms with Crippen molar-refractivity contribution in [3.05, 3.63) is 64.3 Å². The van der Waals surface area contributed by atoms with Gasteiger partial charge in [-0.15, -0.1) is 0 Å². The number of carbonyl (C=O) groups is 1. The normalized spacial score (nSPS) is 14.6. The minimum Gasteiger partial charge on any atom is -0.480 e. The Morgan fingerprint density at radius 2 is 1.94 bits per heavy atom. The van der Waals surface area contributed by atoms with Gasteiger partial charge in [-0.1, -0.05) is 4.48 Å². The molecule has 0 fully saturated rings. The van der Waals surface area contributed by atoms with Crippen LogP contribution in [0.1, 0.15) is 5.56 Å². The van der Waals surface area contributed by atoms with Crippen molar-refractivity contribution in [2.75, 3.05) is 34.6 Å². The number of carboxylic acid groups (broad SMARTS) is 1. The van der Waals surface area contributed by atoms with Crippen LogP contribution in [0.4, 0.5) is 36.1 Å². The number of benzene rings is 1. The second-order valence-corrected chi connectivity index (χ2v) is 8.83. The lowest BCUT2D eigenvalue weighted by molar-refractivity contribution is -0.135. The number of nitrogens with one attached hydrogen (secondary N) is 1. The number of aliphatic carboxylic acids is 1. The lowest BCUT2D eigenvalue weighted by atomic mass is 9.98. The van der Waals surface area contributed by atoms with Crippen molar-refractivity contribution in [2.24, 2.45) is 7.05 Å². The van der Waals surface area contributed by atoms with Crippen molar-refractivity contribution >= 4 is 39.8 Å². The summed E-state index contributed by atoms with van der Waals surface area (Å²) >= 11 is 0. The van der Waals surface area contributed by atoms with Gasteiger partial charge in [0.05, 0.1) is 36.3 Å². The highest BCUT2D eigenvalue weighted by molar-refractivity contribution is 6.04. The molecule has 36 heavy (non-hydrogen) atoms. The molecule has 1 aromatic carbocycles. The second-order valence-electron chi connectivity index (χ2n) is 8.83. The van der Waals surface area contributed by atoms with E-state index in [4.69, 9.17) is 0 Å². The Kier molecular flexibility index (Phi) is 4.75. The van der Waals surface area contributed by atoms with Crippen LogP contribution < -0.4 is 20.5 Å². The molecular weight excluding hydrogens is 477 g/mol.